The zero-order valence-corrected chi connectivity index (χ0v) is 10.8. The van der Waals surface area contributed by atoms with E-state index in [1.807, 2.05) is 30.0 Å². The predicted molar refractivity (Wildman–Crippen MR) is 71.7 cm³/mol. The highest BCUT2D eigenvalue weighted by Gasteiger charge is 2.22. The van der Waals surface area contributed by atoms with Crippen LogP contribution in [0.2, 0.25) is 0 Å². The third kappa shape index (κ3) is 2.34. The average Bonchev–Trinajstić information content (AvgIpc) is 2.47. The molecule has 0 unspecified atom stereocenters. The quantitative estimate of drug-likeness (QED) is 0.780. The smallest absolute Gasteiger partial charge is 0.274 e. The van der Waals surface area contributed by atoms with Crippen LogP contribution in [-0.2, 0) is 13.0 Å². The van der Waals surface area contributed by atoms with Gasteiger partial charge in [-0.1, -0.05) is 24.3 Å². The highest BCUT2D eigenvalue weighted by Crippen LogP contribution is 2.19. The van der Waals surface area contributed by atoms with E-state index < -0.39 is 0 Å². The van der Waals surface area contributed by atoms with E-state index in [4.69, 9.17) is 0 Å². The zero-order valence-electron chi connectivity index (χ0n) is 10.8. The van der Waals surface area contributed by atoms with Crippen molar-refractivity contribution < 1.29 is 4.79 Å². The molecular formula is C15H15N3O. The largest absolute Gasteiger partial charge is 0.333 e. The molecule has 0 N–H and O–H groups in total. The Bertz CT molecular complexity index is 607. The van der Waals surface area contributed by atoms with Crippen molar-refractivity contribution in [2.75, 3.05) is 6.54 Å². The van der Waals surface area contributed by atoms with Crippen LogP contribution in [0.5, 0.6) is 0 Å². The molecule has 1 aromatic carbocycles. The molecule has 1 aromatic heterocycles. The molecule has 1 aliphatic rings. The van der Waals surface area contributed by atoms with Gasteiger partial charge < -0.3 is 4.90 Å². The number of nitrogens with zero attached hydrogens (tertiary/aromatic N) is 3. The van der Waals surface area contributed by atoms with E-state index in [0.29, 0.717) is 12.2 Å². The molecule has 0 bridgehead atoms. The second kappa shape index (κ2) is 4.80. The van der Waals surface area contributed by atoms with Gasteiger partial charge in [-0.2, -0.15) is 5.10 Å². The number of hydrogen-bond acceptors (Lipinski definition) is 3. The molecule has 0 saturated heterocycles. The first-order valence-electron chi connectivity index (χ1n) is 6.40. The van der Waals surface area contributed by atoms with Crippen molar-refractivity contribution >= 4 is 5.91 Å². The molecule has 3 rings (SSSR count). The number of amides is 1. The van der Waals surface area contributed by atoms with Crippen LogP contribution in [-0.4, -0.2) is 27.5 Å². The number of benzene rings is 1. The molecule has 1 aliphatic heterocycles. The molecule has 2 heterocycles. The summed E-state index contributed by atoms with van der Waals surface area (Å²) in [6.07, 6.45) is 0.904. The molecule has 0 atom stereocenters. The SMILES string of the molecule is Cc1ccc(C(=O)N2CCc3ccccc3C2)nn1. The van der Waals surface area contributed by atoms with E-state index in [2.05, 4.69) is 22.3 Å². The Balaban J connectivity index is 1.81. The minimum atomic E-state index is -0.0398. The number of hydrogen-bond donors (Lipinski definition) is 0. The van der Waals surface area contributed by atoms with Gasteiger partial charge in [-0.3, -0.25) is 4.79 Å². The fourth-order valence-corrected chi connectivity index (χ4v) is 2.34. The van der Waals surface area contributed by atoms with Crippen LogP contribution >= 0.6 is 0 Å². The van der Waals surface area contributed by atoms with Crippen molar-refractivity contribution in [2.45, 2.75) is 19.9 Å². The lowest BCUT2D eigenvalue weighted by Crippen LogP contribution is -2.36. The first-order chi connectivity index (χ1) is 9.24. The van der Waals surface area contributed by atoms with Crippen LogP contribution in [0.3, 0.4) is 0 Å². The van der Waals surface area contributed by atoms with Crippen LogP contribution in [0.4, 0.5) is 0 Å². The van der Waals surface area contributed by atoms with Gasteiger partial charge in [0.15, 0.2) is 5.69 Å². The van der Waals surface area contributed by atoms with Gasteiger partial charge in [-0.25, -0.2) is 0 Å². The maximum Gasteiger partial charge on any atom is 0.274 e. The van der Waals surface area contributed by atoms with E-state index in [1.165, 1.54) is 11.1 Å². The molecule has 0 saturated carbocycles. The summed E-state index contributed by atoms with van der Waals surface area (Å²) in [6.45, 7) is 3.26. The molecule has 4 heteroatoms. The minimum Gasteiger partial charge on any atom is -0.333 e. The van der Waals surface area contributed by atoms with E-state index >= 15 is 0 Å². The first-order valence-corrected chi connectivity index (χ1v) is 6.40. The van der Waals surface area contributed by atoms with Crippen molar-refractivity contribution in [1.29, 1.82) is 0 Å². The molecule has 96 valence electrons. The van der Waals surface area contributed by atoms with E-state index in [9.17, 15) is 4.79 Å². The lowest BCUT2D eigenvalue weighted by Gasteiger charge is -2.28. The summed E-state index contributed by atoms with van der Waals surface area (Å²) in [7, 11) is 0. The fourth-order valence-electron chi connectivity index (χ4n) is 2.34. The topological polar surface area (TPSA) is 46.1 Å². The Morgan fingerprint density at radius 1 is 1.11 bits per heavy atom. The van der Waals surface area contributed by atoms with Crippen molar-refractivity contribution in [2.24, 2.45) is 0 Å². The van der Waals surface area contributed by atoms with Gasteiger partial charge in [-0.15, -0.1) is 5.10 Å². The Morgan fingerprint density at radius 3 is 2.63 bits per heavy atom. The number of carbonyl (C=O) groups excluding carboxylic acids is 1. The summed E-state index contributed by atoms with van der Waals surface area (Å²) >= 11 is 0. The average molecular weight is 253 g/mol. The van der Waals surface area contributed by atoms with Gasteiger partial charge in [0.1, 0.15) is 0 Å². The lowest BCUT2D eigenvalue weighted by atomic mass is 10.00. The van der Waals surface area contributed by atoms with Crippen LogP contribution in [0, 0.1) is 6.92 Å². The van der Waals surface area contributed by atoms with E-state index in [-0.39, 0.29) is 5.91 Å². The standard InChI is InChI=1S/C15H15N3O/c1-11-6-7-14(17-16-11)15(19)18-9-8-12-4-2-3-5-13(12)10-18/h2-7H,8-10H2,1H3. The van der Waals surface area contributed by atoms with Crippen LogP contribution in [0.1, 0.15) is 27.3 Å². The summed E-state index contributed by atoms with van der Waals surface area (Å²) in [5, 5.41) is 7.91. The molecule has 4 nitrogen and oxygen atoms in total. The molecule has 0 spiro atoms. The highest BCUT2D eigenvalue weighted by atomic mass is 16.2. The maximum atomic E-state index is 12.3. The first kappa shape index (κ1) is 11.8. The molecule has 19 heavy (non-hydrogen) atoms. The van der Waals surface area contributed by atoms with Gasteiger partial charge in [0.25, 0.3) is 5.91 Å². The van der Waals surface area contributed by atoms with E-state index in [0.717, 1.165) is 18.7 Å². The Kier molecular flexibility index (Phi) is 2.99. The van der Waals surface area contributed by atoms with Gasteiger partial charge in [0, 0.05) is 13.1 Å². The summed E-state index contributed by atoms with van der Waals surface area (Å²) in [5.41, 5.74) is 3.80. The number of aromatic nitrogens is 2. The Morgan fingerprint density at radius 2 is 1.89 bits per heavy atom. The summed E-state index contributed by atoms with van der Waals surface area (Å²) < 4.78 is 0. The monoisotopic (exact) mass is 253 g/mol. The third-order valence-electron chi connectivity index (χ3n) is 3.43. The van der Waals surface area contributed by atoms with Crippen molar-refractivity contribution in [3.8, 4) is 0 Å². The maximum absolute atomic E-state index is 12.3. The minimum absolute atomic E-state index is 0.0398. The number of rotatable bonds is 1. The van der Waals surface area contributed by atoms with Crippen molar-refractivity contribution in [3.63, 3.8) is 0 Å². The van der Waals surface area contributed by atoms with Crippen LogP contribution in [0.15, 0.2) is 36.4 Å². The van der Waals surface area contributed by atoms with Gasteiger partial charge >= 0.3 is 0 Å². The normalized spacial score (nSPS) is 14.1. The van der Waals surface area contributed by atoms with Crippen LogP contribution in [0.25, 0.3) is 0 Å². The molecule has 0 radical (unpaired) electrons. The summed E-state index contributed by atoms with van der Waals surface area (Å²) in [6, 6.07) is 11.8. The fraction of sp³-hybridized carbons (Fsp3) is 0.267. The van der Waals surface area contributed by atoms with E-state index in [1.54, 1.807) is 6.07 Å². The van der Waals surface area contributed by atoms with Gasteiger partial charge in [0.2, 0.25) is 0 Å². The van der Waals surface area contributed by atoms with Crippen molar-refractivity contribution in [3.05, 3.63) is 58.9 Å². The van der Waals surface area contributed by atoms with Crippen molar-refractivity contribution in [1.82, 2.24) is 15.1 Å². The number of aryl methyl sites for hydroxylation is 1. The second-order valence-corrected chi connectivity index (χ2v) is 4.81. The molecule has 1 amide bonds. The third-order valence-corrected chi connectivity index (χ3v) is 3.43. The summed E-state index contributed by atoms with van der Waals surface area (Å²) in [4.78, 5) is 14.2. The Labute approximate surface area is 112 Å². The Hall–Kier alpha value is -2.23. The molecular weight excluding hydrogens is 238 g/mol. The number of fused-ring (bicyclic) bond motifs is 1. The highest BCUT2D eigenvalue weighted by molar-refractivity contribution is 5.92. The van der Waals surface area contributed by atoms with Crippen LogP contribution < -0.4 is 0 Å². The summed E-state index contributed by atoms with van der Waals surface area (Å²) in [5.74, 6) is -0.0398. The molecule has 0 fully saturated rings. The lowest BCUT2D eigenvalue weighted by molar-refractivity contribution is 0.0727. The molecule has 2 aromatic rings. The predicted octanol–water partition coefficient (Wildman–Crippen LogP) is 1.98. The second-order valence-electron chi connectivity index (χ2n) is 4.81. The zero-order chi connectivity index (χ0) is 13.2. The van der Waals surface area contributed by atoms with Gasteiger partial charge in [-0.05, 0) is 36.6 Å². The number of carbonyl (C=O) groups is 1. The van der Waals surface area contributed by atoms with Gasteiger partial charge in [0.05, 0.1) is 5.69 Å². The molecule has 0 aliphatic carbocycles.